The first-order valence-corrected chi connectivity index (χ1v) is 31.2. The van der Waals surface area contributed by atoms with Crippen molar-refractivity contribution in [2.45, 2.75) is 217 Å². The second-order valence-electron chi connectivity index (χ2n) is 21.2. The van der Waals surface area contributed by atoms with Crippen molar-refractivity contribution in [1.29, 1.82) is 0 Å². The number of ketones is 1. The van der Waals surface area contributed by atoms with Crippen LogP contribution in [0.4, 0.5) is 0 Å². The predicted molar refractivity (Wildman–Crippen MR) is 249 cm³/mol. The zero-order valence-corrected chi connectivity index (χ0v) is 43.5. The average Bonchev–Trinajstić information content (AvgIpc) is 3.08. The van der Waals surface area contributed by atoms with Crippen LogP contribution in [-0.4, -0.2) is 85.5 Å². The Morgan fingerprint density at radius 1 is 0.845 bits per heavy atom. The maximum atomic E-state index is 13.9. The number of rotatable bonds is 18. The lowest BCUT2D eigenvalue weighted by atomic mass is 9.87. The molecule has 8 nitrogen and oxygen atoms in total. The van der Waals surface area contributed by atoms with Gasteiger partial charge in [0, 0.05) is 12.8 Å². The van der Waals surface area contributed by atoms with Gasteiger partial charge in [0.1, 0.15) is 30.5 Å². The molecule has 0 saturated carbocycles. The van der Waals surface area contributed by atoms with Crippen molar-refractivity contribution in [3.05, 3.63) is 59.1 Å². The summed E-state index contributed by atoms with van der Waals surface area (Å²) in [6.45, 7) is 40.1. The topological polar surface area (TPSA) is 89.5 Å². The number of hydrogen-bond donors (Lipinski definition) is 0. The van der Waals surface area contributed by atoms with Crippen LogP contribution in [0.15, 0.2) is 53.5 Å². The summed E-state index contributed by atoms with van der Waals surface area (Å²) in [7, 11) is -7.24. The minimum atomic E-state index is -2.44. The van der Waals surface area contributed by atoms with Gasteiger partial charge >= 0.3 is 5.97 Å². The van der Waals surface area contributed by atoms with Crippen LogP contribution in [0.3, 0.4) is 0 Å². The Bertz CT molecular complexity index is 1540. The van der Waals surface area contributed by atoms with Crippen LogP contribution in [-0.2, 0) is 32.3 Å². The van der Waals surface area contributed by atoms with Gasteiger partial charge in [0.05, 0.1) is 23.9 Å². The molecular weight excluding hydrogens is 845 g/mol. The molecule has 2 saturated heterocycles. The number of esters is 1. The number of benzene rings is 1. The first kappa shape index (κ1) is 51.1. The molecule has 1 aromatic rings. The number of carbonyl (C=O) groups is 2. The summed E-state index contributed by atoms with van der Waals surface area (Å²) in [5.74, 6) is -0.509. The summed E-state index contributed by atoms with van der Waals surface area (Å²) in [5.41, 5.74) is 0.466. The number of carbonyl (C=O) groups excluding carboxylic acids is 2. The first-order chi connectivity index (χ1) is 26.5. The van der Waals surface area contributed by atoms with Crippen molar-refractivity contribution in [3.63, 3.8) is 0 Å². The summed E-state index contributed by atoms with van der Waals surface area (Å²) in [6, 6.07) is 8.90. The molecule has 2 aliphatic heterocycles. The lowest BCUT2D eigenvalue weighted by molar-refractivity contribution is -0.267. The molecule has 2 heterocycles. The lowest BCUT2D eigenvalue weighted by Crippen LogP contribution is -2.69. The quantitative estimate of drug-likeness (QED) is 0.0817. The van der Waals surface area contributed by atoms with Crippen LogP contribution < -0.4 is 0 Å². The highest BCUT2D eigenvalue weighted by atomic mass is 79.9. The van der Waals surface area contributed by atoms with E-state index in [1.54, 1.807) is 30.3 Å². The number of ether oxygens (including phenoxy) is 3. The molecule has 0 unspecified atom stereocenters. The molecule has 0 aliphatic carbocycles. The van der Waals surface area contributed by atoms with E-state index < -0.39 is 55.3 Å². The monoisotopic (exact) mass is 922 g/mol. The van der Waals surface area contributed by atoms with E-state index in [2.05, 4.69) is 131 Å². The lowest BCUT2D eigenvalue weighted by Gasteiger charge is -2.56. The van der Waals surface area contributed by atoms with E-state index in [9.17, 15) is 9.59 Å². The van der Waals surface area contributed by atoms with E-state index in [0.29, 0.717) is 22.9 Å². The van der Waals surface area contributed by atoms with Gasteiger partial charge in [-0.2, -0.15) is 0 Å². The molecule has 0 N–H and O–H groups in total. The van der Waals surface area contributed by atoms with E-state index >= 15 is 0 Å². The van der Waals surface area contributed by atoms with Gasteiger partial charge in [0.2, 0.25) is 0 Å². The van der Waals surface area contributed by atoms with Gasteiger partial charge in [0.15, 0.2) is 30.7 Å². The highest BCUT2D eigenvalue weighted by Crippen LogP contribution is 2.47. The maximum absolute atomic E-state index is 13.9. The number of allylic oxidation sites excluding steroid dienone is 1. The van der Waals surface area contributed by atoms with E-state index in [4.69, 9.17) is 27.5 Å². The third-order valence-corrected chi connectivity index (χ3v) is 27.1. The molecular formula is C46H79BrO8Si3. The summed E-state index contributed by atoms with van der Waals surface area (Å²) >= 11 is 3.44. The first-order valence-electron chi connectivity index (χ1n) is 21.6. The fraction of sp³-hybridized carbons (Fsp3) is 0.739. The van der Waals surface area contributed by atoms with Crippen LogP contribution in [0.2, 0.25) is 54.4 Å². The fourth-order valence-corrected chi connectivity index (χ4v) is 10.9. The molecule has 0 spiro atoms. The third-order valence-electron chi connectivity index (χ3n) is 13.4. The van der Waals surface area contributed by atoms with Gasteiger partial charge in [-0.1, -0.05) is 122 Å². The van der Waals surface area contributed by atoms with Gasteiger partial charge in [-0.25, -0.2) is 4.79 Å². The van der Waals surface area contributed by atoms with Crippen LogP contribution in [0.1, 0.15) is 125 Å². The molecule has 0 aromatic heterocycles. The summed E-state index contributed by atoms with van der Waals surface area (Å²) in [4.78, 5) is 26.8. The minimum absolute atomic E-state index is 0.0485. The summed E-state index contributed by atoms with van der Waals surface area (Å²) < 4.78 is 43.2. The standard InChI is InChI=1S/C46H79BrO8Si3/c1-18-22-35-28-30-37-39(50-35)41(54-57(14,15)45(6,7)8)42(55-58(16,17)46(9,10)11)40(52-37)38(53-56(12,13)44(3,4)5)29-26-34(48)25-27-36(31-32(2)47)51-43(49)33-23-20-19-21-24-33/h19-21,23-24,26,29,35-42H,2,18,22,25,27-28,30-31H2,1,3-17H3/b29-26+/t35-,36+,37-,38-,39-,40-,41-,42+/m0/s1. The maximum Gasteiger partial charge on any atom is 0.338 e. The smallest absolute Gasteiger partial charge is 0.338 e. The molecule has 0 amide bonds. The van der Waals surface area contributed by atoms with Gasteiger partial charge in [-0.3, -0.25) is 4.79 Å². The Morgan fingerprint density at radius 2 is 1.40 bits per heavy atom. The van der Waals surface area contributed by atoms with E-state index in [-0.39, 0.29) is 51.7 Å². The Kier molecular flexibility index (Phi) is 17.9. The van der Waals surface area contributed by atoms with Gasteiger partial charge in [-0.15, -0.1) is 0 Å². The van der Waals surface area contributed by atoms with Gasteiger partial charge in [-0.05, 0) is 103 Å². The van der Waals surface area contributed by atoms with E-state index in [0.717, 1.165) is 25.7 Å². The van der Waals surface area contributed by atoms with E-state index in [1.165, 1.54) is 0 Å². The van der Waals surface area contributed by atoms with Crippen LogP contribution in [0.5, 0.6) is 0 Å². The molecule has 0 bridgehead atoms. The number of halogens is 1. The Labute approximate surface area is 364 Å². The largest absolute Gasteiger partial charge is 0.458 e. The molecule has 2 aliphatic rings. The zero-order valence-electron chi connectivity index (χ0n) is 39.0. The molecule has 12 heteroatoms. The van der Waals surface area contributed by atoms with Crippen molar-refractivity contribution in [2.24, 2.45) is 0 Å². The molecule has 58 heavy (non-hydrogen) atoms. The van der Waals surface area contributed by atoms with Gasteiger partial charge in [0.25, 0.3) is 0 Å². The highest BCUT2D eigenvalue weighted by molar-refractivity contribution is 9.11. The molecule has 3 rings (SSSR count). The highest BCUT2D eigenvalue weighted by Gasteiger charge is 2.57. The van der Waals surface area contributed by atoms with Crippen molar-refractivity contribution >= 4 is 52.6 Å². The fourth-order valence-electron chi connectivity index (χ4n) is 6.65. The van der Waals surface area contributed by atoms with Gasteiger partial charge < -0.3 is 27.5 Å². The Hall–Kier alpha value is -1.23. The van der Waals surface area contributed by atoms with Crippen molar-refractivity contribution in [1.82, 2.24) is 0 Å². The third kappa shape index (κ3) is 13.9. The molecule has 0 radical (unpaired) electrons. The SMILES string of the molecule is C=C(Br)C[C@@H](CCC(=O)/C=C/[C@H](O[Si](C)(C)C(C)(C)C)[C@@H]1O[C@H]2CC[C@H](CCC)O[C@@H]2[C@H](O[Si](C)(C)C(C)(C)C)[C@@H]1O[Si](C)(C)C(C)(C)C)OC(=O)c1ccccc1. The number of hydrogen-bond acceptors (Lipinski definition) is 8. The van der Waals surface area contributed by atoms with Crippen LogP contribution >= 0.6 is 15.9 Å². The van der Waals surface area contributed by atoms with Crippen LogP contribution in [0, 0.1) is 0 Å². The normalized spacial score (nSPS) is 24.9. The van der Waals surface area contributed by atoms with E-state index in [1.807, 2.05) is 12.1 Å². The second-order valence-corrected chi connectivity index (χ2v) is 36.6. The van der Waals surface area contributed by atoms with Crippen molar-refractivity contribution in [3.8, 4) is 0 Å². The molecule has 2 fully saturated rings. The summed E-state index contributed by atoms with van der Waals surface area (Å²) in [6.07, 6.45) is 5.39. The molecule has 8 atom stereocenters. The molecule has 330 valence electrons. The Balaban J connectivity index is 2.11. The van der Waals surface area contributed by atoms with Crippen molar-refractivity contribution in [2.75, 3.05) is 0 Å². The Morgan fingerprint density at radius 3 is 1.91 bits per heavy atom. The predicted octanol–water partition coefficient (Wildman–Crippen LogP) is 12.7. The summed E-state index contributed by atoms with van der Waals surface area (Å²) in [5, 5.41) is -0.244. The van der Waals surface area contributed by atoms with Crippen molar-refractivity contribution < 1.29 is 37.1 Å². The molecule has 1 aromatic carbocycles. The number of fused-ring (bicyclic) bond motifs is 1. The zero-order chi connectivity index (χ0) is 44.1. The average molecular weight is 924 g/mol. The van der Waals surface area contributed by atoms with Crippen LogP contribution in [0.25, 0.3) is 0 Å². The minimum Gasteiger partial charge on any atom is -0.458 e. The second kappa shape index (κ2) is 20.3.